The quantitative estimate of drug-likeness (QED) is 0.398. The molecule has 2 saturated heterocycles. The third-order valence-corrected chi connectivity index (χ3v) is 4.25. The van der Waals surface area contributed by atoms with Gasteiger partial charge in [-0.15, -0.1) is 0 Å². The number of carbonyl (C=O) groups is 1. The Labute approximate surface area is 135 Å². The van der Waals surface area contributed by atoms with Gasteiger partial charge in [-0.05, 0) is 0 Å². The molecule has 0 bridgehead atoms. The number of hydrogen-bond acceptors (Lipinski definition) is 7. The minimum atomic E-state index is -1.17. The number of urea groups is 1. The van der Waals surface area contributed by atoms with Gasteiger partial charge in [-0.25, -0.2) is 9.59 Å². The molecule has 2 aliphatic heterocycles. The smallest absolute Gasteiger partial charge is 0.325 e. The van der Waals surface area contributed by atoms with Crippen LogP contribution in [0.2, 0.25) is 0 Å². The van der Waals surface area contributed by atoms with Crippen molar-refractivity contribution < 1.29 is 24.1 Å². The Morgan fingerprint density at radius 2 is 2.21 bits per heavy atom. The van der Waals surface area contributed by atoms with E-state index in [2.05, 4.69) is 15.3 Å². The number of carbonyl (C=O) groups excluding carboxylic acids is 1. The Bertz CT molecular complexity index is 732. The fraction of sp³-hybridized carbons (Fsp3) is 0.615. The van der Waals surface area contributed by atoms with E-state index in [4.69, 9.17) is 19.9 Å². The van der Waals surface area contributed by atoms with Gasteiger partial charge in [0.25, 0.3) is 5.56 Å². The van der Waals surface area contributed by atoms with Crippen molar-refractivity contribution in [1.82, 2.24) is 15.3 Å². The molecule has 24 heavy (non-hydrogen) atoms. The van der Waals surface area contributed by atoms with Gasteiger partial charge in [0, 0.05) is 13.3 Å². The molecule has 6 N–H and O–H groups in total. The number of nitrogens with one attached hydrogen (secondary N) is 3. The molecule has 11 heteroatoms. The monoisotopic (exact) mass is 342 g/mol. The van der Waals surface area contributed by atoms with Crippen molar-refractivity contribution in [3.05, 3.63) is 32.6 Å². The Balaban J connectivity index is 1.91. The van der Waals surface area contributed by atoms with Crippen molar-refractivity contribution in [3.8, 4) is 0 Å². The highest BCUT2D eigenvalue weighted by Gasteiger charge is 2.54. The molecule has 0 aromatic carbocycles. The number of methoxy groups -OCH3 is 1. The van der Waals surface area contributed by atoms with E-state index in [1.54, 1.807) is 0 Å². The highest BCUT2D eigenvalue weighted by Crippen LogP contribution is 2.38. The average molecular weight is 342 g/mol. The number of hydrogen-bond donors (Lipinski definition) is 5. The topological polar surface area (TPSA) is 169 Å². The maximum absolute atomic E-state index is 11.9. The van der Waals surface area contributed by atoms with E-state index in [1.165, 1.54) is 13.3 Å². The van der Waals surface area contributed by atoms with E-state index in [-0.39, 0.29) is 12.2 Å². The Morgan fingerprint density at radius 1 is 1.46 bits per heavy atom. The second-order valence-corrected chi connectivity index (χ2v) is 5.65. The molecular weight excluding hydrogens is 324 g/mol. The predicted octanol–water partition coefficient (Wildman–Crippen LogP) is -2.69. The van der Waals surface area contributed by atoms with Gasteiger partial charge in [0.1, 0.15) is 30.5 Å². The maximum atomic E-state index is 11.9. The molecule has 1 aromatic rings. The van der Waals surface area contributed by atoms with Crippen LogP contribution in [-0.2, 0) is 14.2 Å². The molecule has 11 nitrogen and oxygen atoms in total. The van der Waals surface area contributed by atoms with Crippen molar-refractivity contribution in [2.24, 2.45) is 5.73 Å². The third-order valence-electron chi connectivity index (χ3n) is 4.25. The lowest BCUT2D eigenvalue weighted by atomic mass is 9.94. The van der Waals surface area contributed by atoms with E-state index < -0.39 is 53.8 Å². The van der Waals surface area contributed by atoms with Gasteiger partial charge in [0.15, 0.2) is 0 Å². The number of ether oxygens (including phenoxy) is 3. The van der Waals surface area contributed by atoms with Crippen LogP contribution in [0.4, 0.5) is 4.79 Å². The second-order valence-electron chi connectivity index (χ2n) is 5.65. The molecule has 1 aromatic heterocycles. The zero-order valence-electron chi connectivity index (χ0n) is 12.7. The molecule has 0 radical (unpaired) electrons. The van der Waals surface area contributed by atoms with E-state index in [9.17, 15) is 19.5 Å². The molecule has 0 unspecified atom stereocenters. The highest BCUT2D eigenvalue weighted by atomic mass is 16.6. The molecule has 6 atom stereocenters. The predicted molar refractivity (Wildman–Crippen MR) is 78.3 cm³/mol. The summed E-state index contributed by atoms with van der Waals surface area (Å²) in [5.74, 6) is 0. The zero-order valence-corrected chi connectivity index (χ0v) is 12.7. The van der Waals surface area contributed by atoms with Gasteiger partial charge >= 0.3 is 11.7 Å². The van der Waals surface area contributed by atoms with Gasteiger partial charge in [0.2, 0.25) is 0 Å². The van der Waals surface area contributed by atoms with Crippen molar-refractivity contribution in [3.63, 3.8) is 0 Å². The van der Waals surface area contributed by atoms with Crippen LogP contribution >= 0.6 is 0 Å². The fourth-order valence-corrected chi connectivity index (χ4v) is 3.14. The lowest BCUT2D eigenvalue weighted by Crippen LogP contribution is -2.62. The number of nitrogens with two attached hydrogens (primary N) is 1. The molecule has 3 heterocycles. The van der Waals surface area contributed by atoms with Gasteiger partial charge in [-0.2, -0.15) is 0 Å². The number of aromatic amines is 2. The Kier molecular flexibility index (Phi) is 4.41. The zero-order chi connectivity index (χ0) is 17.4. The number of primary amides is 1. The van der Waals surface area contributed by atoms with Crippen LogP contribution in [0.3, 0.4) is 0 Å². The summed E-state index contributed by atoms with van der Waals surface area (Å²) in [7, 11) is 1.44. The van der Waals surface area contributed by atoms with E-state index in [0.29, 0.717) is 0 Å². The number of aliphatic hydroxyl groups is 1. The second kappa shape index (κ2) is 6.36. The first kappa shape index (κ1) is 16.6. The largest absolute Gasteiger partial charge is 0.387 e. The third kappa shape index (κ3) is 2.82. The summed E-state index contributed by atoms with van der Waals surface area (Å²) in [6.45, 7) is 0.109. The Hall–Kier alpha value is -2.21. The van der Waals surface area contributed by atoms with Gasteiger partial charge in [-0.3, -0.25) is 9.78 Å². The van der Waals surface area contributed by atoms with Gasteiger partial charge in [0.05, 0.1) is 18.2 Å². The molecule has 0 spiro atoms. The average Bonchev–Trinajstić information content (AvgIpc) is 2.85. The van der Waals surface area contributed by atoms with Gasteiger partial charge < -0.3 is 35.4 Å². The molecule has 132 valence electrons. The molecule has 2 amide bonds. The minimum absolute atomic E-state index is 0.0480. The summed E-state index contributed by atoms with van der Waals surface area (Å²) in [4.78, 5) is 38.7. The SMILES string of the molecule is CO[C@H]1CO[C@H]2[C@@H](O)[C@H](c3c[nH]c(=O)[nH]c3=O)O[C@@H]2[C@@H]1NC(N)=O. The van der Waals surface area contributed by atoms with E-state index in [0.717, 1.165) is 0 Å². The van der Waals surface area contributed by atoms with Crippen molar-refractivity contribution in [1.29, 1.82) is 0 Å². The molecule has 0 saturated carbocycles. The number of H-pyrrole nitrogens is 2. The summed E-state index contributed by atoms with van der Waals surface area (Å²) in [6.07, 6.45) is -3.12. The number of aromatic nitrogens is 2. The fourth-order valence-electron chi connectivity index (χ4n) is 3.14. The highest BCUT2D eigenvalue weighted by molar-refractivity contribution is 5.72. The van der Waals surface area contributed by atoms with Crippen LogP contribution in [0.1, 0.15) is 11.7 Å². The van der Waals surface area contributed by atoms with Crippen LogP contribution in [0, 0.1) is 0 Å². The first-order chi connectivity index (χ1) is 11.4. The number of rotatable bonds is 3. The number of aliphatic hydroxyl groups excluding tert-OH is 1. The summed E-state index contributed by atoms with van der Waals surface area (Å²) >= 11 is 0. The first-order valence-electron chi connectivity index (χ1n) is 7.28. The number of amides is 2. The first-order valence-corrected chi connectivity index (χ1v) is 7.28. The minimum Gasteiger partial charge on any atom is -0.387 e. The Morgan fingerprint density at radius 3 is 2.83 bits per heavy atom. The maximum Gasteiger partial charge on any atom is 0.325 e. The summed E-state index contributed by atoms with van der Waals surface area (Å²) in [6, 6.07) is -1.43. The van der Waals surface area contributed by atoms with Gasteiger partial charge in [-0.1, -0.05) is 0 Å². The molecule has 3 rings (SSSR count). The van der Waals surface area contributed by atoms with E-state index in [1.807, 2.05) is 0 Å². The summed E-state index contributed by atoms with van der Waals surface area (Å²) < 4.78 is 16.6. The van der Waals surface area contributed by atoms with Crippen LogP contribution in [0.25, 0.3) is 0 Å². The summed E-state index contributed by atoms with van der Waals surface area (Å²) in [5, 5.41) is 13.0. The van der Waals surface area contributed by atoms with Crippen LogP contribution in [0.15, 0.2) is 15.8 Å². The molecule has 2 aliphatic rings. The lowest BCUT2D eigenvalue weighted by Gasteiger charge is -2.38. The summed E-state index contributed by atoms with van der Waals surface area (Å²) in [5.41, 5.74) is 3.89. The van der Waals surface area contributed by atoms with Crippen LogP contribution in [-0.4, -0.2) is 65.3 Å². The number of fused-ring (bicyclic) bond motifs is 1. The van der Waals surface area contributed by atoms with Crippen molar-refractivity contribution >= 4 is 6.03 Å². The molecular formula is C13H18N4O7. The normalized spacial score (nSPS) is 35.4. The lowest BCUT2D eigenvalue weighted by molar-refractivity contribution is -0.143. The molecule has 2 fully saturated rings. The molecule has 0 aliphatic carbocycles. The van der Waals surface area contributed by atoms with E-state index >= 15 is 0 Å². The van der Waals surface area contributed by atoms with Crippen LogP contribution < -0.4 is 22.3 Å². The van der Waals surface area contributed by atoms with Crippen molar-refractivity contribution in [2.75, 3.05) is 13.7 Å². The van der Waals surface area contributed by atoms with Crippen molar-refractivity contribution in [2.45, 2.75) is 36.6 Å². The van der Waals surface area contributed by atoms with Crippen LogP contribution in [0.5, 0.6) is 0 Å². The standard InChI is InChI=1S/C13H18N4O7/c1-22-5-3-23-10-7(18)8(4-2-15-13(21)17-11(4)19)24-9(10)6(5)16-12(14)20/h2,5-10,18H,3H2,1H3,(H3,14,16,20)(H2,15,17,19,21)/t5-,6+,7-,8-,9+,10-/m0/s1.